The number of rotatable bonds is 10. The normalized spacial score (nSPS) is 11.2. The summed E-state index contributed by atoms with van der Waals surface area (Å²) >= 11 is 0. The van der Waals surface area contributed by atoms with Gasteiger partial charge in [-0.2, -0.15) is 5.10 Å². The molecule has 0 aromatic heterocycles. The van der Waals surface area contributed by atoms with Crippen molar-refractivity contribution in [3.63, 3.8) is 0 Å². The molecule has 0 saturated carbocycles. The lowest BCUT2D eigenvalue weighted by Gasteiger charge is -2.21. The van der Waals surface area contributed by atoms with Gasteiger partial charge in [0.15, 0.2) is 6.61 Å². The van der Waals surface area contributed by atoms with Crippen molar-refractivity contribution in [3.8, 4) is 5.75 Å². The fourth-order valence-electron chi connectivity index (χ4n) is 2.88. The van der Waals surface area contributed by atoms with Gasteiger partial charge in [0.05, 0.1) is 18.2 Å². The molecule has 0 spiro atoms. The van der Waals surface area contributed by atoms with Crippen molar-refractivity contribution in [2.45, 2.75) is 0 Å². The second-order valence-electron chi connectivity index (χ2n) is 7.45. The maximum Gasteiger partial charge on any atom is 0.262 e. The van der Waals surface area contributed by atoms with E-state index >= 15 is 0 Å². The Labute approximate surface area is 206 Å². The van der Waals surface area contributed by atoms with E-state index in [0.29, 0.717) is 17.0 Å². The fourth-order valence-corrected chi connectivity index (χ4v) is 3.74. The van der Waals surface area contributed by atoms with Gasteiger partial charge in [0.1, 0.15) is 23.9 Å². The maximum atomic E-state index is 13.1. The molecule has 0 aliphatic rings. The third kappa shape index (κ3) is 8.17. The van der Waals surface area contributed by atoms with Gasteiger partial charge in [0, 0.05) is 5.69 Å². The molecule has 3 aromatic rings. The number of hydrogen-bond donors (Lipinski definition) is 2. The number of hydrazone groups is 1. The Bertz CT molecular complexity index is 1330. The summed E-state index contributed by atoms with van der Waals surface area (Å²) in [6.45, 7) is -0.805. The summed E-state index contributed by atoms with van der Waals surface area (Å²) in [5.74, 6) is -1.65. The predicted molar refractivity (Wildman–Crippen MR) is 131 cm³/mol. The average Bonchev–Trinajstić information content (AvgIpc) is 2.83. The Morgan fingerprint density at radius 2 is 1.50 bits per heavy atom. The summed E-state index contributed by atoms with van der Waals surface area (Å²) < 4.78 is 56.4. The van der Waals surface area contributed by atoms with Gasteiger partial charge in [-0.25, -0.2) is 22.6 Å². The first-order chi connectivity index (χ1) is 17.1. The maximum absolute atomic E-state index is 13.1. The van der Waals surface area contributed by atoms with Crippen LogP contribution in [-0.2, 0) is 19.6 Å². The Kier molecular flexibility index (Phi) is 8.68. The van der Waals surface area contributed by atoms with Crippen molar-refractivity contribution in [2.75, 3.05) is 29.0 Å². The molecule has 0 radical (unpaired) electrons. The van der Waals surface area contributed by atoms with E-state index < -0.39 is 40.0 Å². The molecule has 2 amide bonds. The highest BCUT2D eigenvalue weighted by molar-refractivity contribution is 7.92. The van der Waals surface area contributed by atoms with E-state index in [0.717, 1.165) is 22.7 Å². The third-order valence-electron chi connectivity index (χ3n) is 4.58. The van der Waals surface area contributed by atoms with Crippen molar-refractivity contribution < 1.29 is 31.5 Å². The lowest BCUT2D eigenvalue weighted by atomic mass is 10.2. The van der Waals surface area contributed by atoms with Gasteiger partial charge >= 0.3 is 0 Å². The number of nitrogens with one attached hydrogen (secondary N) is 2. The molecule has 9 nitrogen and oxygen atoms in total. The number of sulfonamides is 1. The molecular formula is C24H22F2N4O5S. The van der Waals surface area contributed by atoms with Crippen molar-refractivity contribution in [3.05, 3.63) is 90.0 Å². The van der Waals surface area contributed by atoms with E-state index in [2.05, 4.69) is 15.8 Å². The van der Waals surface area contributed by atoms with Crippen LogP contribution in [0, 0.1) is 11.6 Å². The van der Waals surface area contributed by atoms with Gasteiger partial charge in [-0.15, -0.1) is 0 Å². The number of hydrogen-bond acceptors (Lipinski definition) is 6. The largest absolute Gasteiger partial charge is 0.484 e. The summed E-state index contributed by atoms with van der Waals surface area (Å²) in [6.07, 6.45) is 2.27. The highest BCUT2D eigenvalue weighted by Gasteiger charge is 2.20. The molecule has 12 heteroatoms. The molecular weight excluding hydrogens is 494 g/mol. The van der Waals surface area contributed by atoms with Gasteiger partial charge < -0.3 is 10.1 Å². The molecule has 0 bridgehead atoms. The van der Waals surface area contributed by atoms with Gasteiger partial charge in [-0.05, 0) is 78.4 Å². The molecule has 188 valence electrons. The SMILES string of the molecule is CS(=O)(=O)N(CC(=O)N/N=C/c1ccc(OCC(=O)Nc2ccc(F)cc2)cc1)c1ccc(F)cc1. The number of ether oxygens (including phenoxy) is 1. The van der Waals surface area contributed by atoms with E-state index in [1.54, 1.807) is 24.3 Å². The number of carbonyl (C=O) groups is 2. The summed E-state index contributed by atoms with van der Waals surface area (Å²) in [5, 5.41) is 6.38. The zero-order valence-electron chi connectivity index (χ0n) is 19.0. The van der Waals surface area contributed by atoms with Crippen molar-refractivity contribution in [1.29, 1.82) is 0 Å². The lowest BCUT2D eigenvalue weighted by Crippen LogP contribution is -2.39. The van der Waals surface area contributed by atoms with Crippen molar-refractivity contribution in [1.82, 2.24) is 5.43 Å². The first-order valence-corrected chi connectivity index (χ1v) is 12.3. The third-order valence-corrected chi connectivity index (χ3v) is 5.72. The predicted octanol–water partition coefficient (Wildman–Crippen LogP) is 2.90. The monoisotopic (exact) mass is 516 g/mol. The Balaban J connectivity index is 1.48. The average molecular weight is 517 g/mol. The smallest absolute Gasteiger partial charge is 0.262 e. The minimum atomic E-state index is -3.80. The van der Waals surface area contributed by atoms with Gasteiger partial charge in [0.2, 0.25) is 10.0 Å². The first-order valence-electron chi connectivity index (χ1n) is 10.4. The van der Waals surface area contributed by atoms with Crippen LogP contribution in [0.15, 0.2) is 77.9 Å². The van der Waals surface area contributed by atoms with E-state index in [1.165, 1.54) is 42.6 Å². The first kappa shape index (κ1) is 26.3. The molecule has 3 aromatic carbocycles. The number of anilines is 2. The molecule has 36 heavy (non-hydrogen) atoms. The summed E-state index contributed by atoms with van der Waals surface area (Å²) in [4.78, 5) is 24.1. The fraction of sp³-hybridized carbons (Fsp3) is 0.125. The summed E-state index contributed by atoms with van der Waals surface area (Å²) in [6, 6.07) is 16.5. The van der Waals surface area contributed by atoms with Crippen molar-refractivity contribution >= 4 is 39.4 Å². The van der Waals surface area contributed by atoms with Crippen LogP contribution >= 0.6 is 0 Å². The van der Waals surface area contributed by atoms with Crippen LogP contribution in [0.3, 0.4) is 0 Å². The van der Waals surface area contributed by atoms with Crippen LogP contribution in [0.25, 0.3) is 0 Å². The minimum Gasteiger partial charge on any atom is -0.484 e. The quantitative estimate of drug-likeness (QED) is 0.318. The second kappa shape index (κ2) is 11.9. The van der Waals surface area contributed by atoms with E-state index in [1.807, 2.05) is 0 Å². The van der Waals surface area contributed by atoms with Gasteiger partial charge in [0.25, 0.3) is 11.8 Å². The molecule has 3 rings (SSSR count). The van der Waals surface area contributed by atoms with E-state index in [4.69, 9.17) is 4.74 Å². The Hall–Kier alpha value is -4.32. The van der Waals surface area contributed by atoms with Crippen LogP contribution in [0.5, 0.6) is 5.75 Å². The van der Waals surface area contributed by atoms with Crippen molar-refractivity contribution in [2.24, 2.45) is 5.10 Å². The van der Waals surface area contributed by atoms with E-state index in [-0.39, 0.29) is 12.3 Å². The second-order valence-corrected chi connectivity index (χ2v) is 9.36. The van der Waals surface area contributed by atoms with Gasteiger partial charge in [-0.3, -0.25) is 13.9 Å². The minimum absolute atomic E-state index is 0.139. The molecule has 0 fully saturated rings. The topological polar surface area (TPSA) is 117 Å². The molecule has 0 aliphatic heterocycles. The number of amides is 2. The number of benzene rings is 3. The van der Waals surface area contributed by atoms with E-state index in [9.17, 15) is 26.8 Å². The molecule has 0 heterocycles. The highest BCUT2D eigenvalue weighted by atomic mass is 32.2. The molecule has 0 saturated heterocycles. The van der Waals surface area contributed by atoms with Crippen LogP contribution in [-0.4, -0.2) is 45.9 Å². The number of halogens is 2. The molecule has 0 atom stereocenters. The summed E-state index contributed by atoms with van der Waals surface area (Å²) in [7, 11) is -3.80. The highest BCUT2D eigenvalue weighted by Crippen LogP contribution is 2.17. The zero-order valence-corrected chi connectivity index (χ0v) is 19.8. The van der Waals surface area contributed by atoms with Crippen LogP contribution in [0.2, 0.25) is 0 Å². The van der Waals surface area contributed by atoms with Crippen LogP contribution < -0.4 is 19.8 Å². The number of nitrogens with zero attached hydrogens (tertiary/aromatic N) is 2. The molecule has 2 N–H and O–H groups in total. The van der Waals surface area contributed by atoms with Crippen LogP contribution in [0.4, 0.5) is 20.2 Å². The molecule has 0 unspecified atom stereocenters. The Morgan fingerprint density at radius 3 is 2.08 bits per heavy atom. The lowest BCUT2D eigenvalue weighted by molar-refractivity contribution is -0.119. The molecule has 0 aliphatic carbocycles. The summed E-state index contributed by atoms with van der Waals surface area (Å²) in [5.41, 5.74) is 3.41. The number of carbonyl (C=O) groups excluding carboxylic acids is 2. The standard InChI is InChI=1S/C24H22F2N4O5S/c1-36(33,34)30(21-10-6-19(26)7-11-21)15-23(31)29-27-14-17-2-12-22(13-3-17)35-16-24(32)28-20-8-4-18(25)5-9-20/h2-14H,15-16H2,1H3,(H,28,32)(H,29,31)/b27-14+. The van der Waals surface area contributed by atoms with Gasteiger partial charge in [-0.1, -0.05) is 0 Å². The Morgan fingerprint density at radius 1 is 0.917 bits per heavy atom. The van der Waals surface area contributed by atoms with Crippen LogP contribution in [0.1, 0.15) is 5.56 Å². The zero-order chi connectivity index (χ0) is 26.1.